The van der Waals surface area contributed by atoms with E-state index in [1.54, 1.807) is 11.6 Å². The van der Waals surface area contributed by atoms with Crippen LogP contribution in [0.1, 0.15) is 86.5 Å². The van der Waals surface area contributed by atoms with Gasteiger partial charge in [-0.15, -0.1) is 0 Å². The molecule has 2 heteroatoms. The Bertz CT molecular complexity index is 961. The van der Waals surface area contributed by atoms with E-state index < -0.39 is 0 Å². The number of ketones is 1. The molecular formula is C28H38O2. The number of hydrogen-bond acceptors (Lipinski definition) is 2. The molecule has 0 heterocycles. The summed E-state index contributed by atoms with van der Waals surface area (Å²) in [6.45, 7) is 14.4. The summed E-state index contributed by atoms with van der Waals surface area (Å²) in [7, 11) is 0. The molecule has 3 saturated carbocycles. The van der Waals surface area contributed by atoms with Crippen molar-refractivity contribution in [2.75, 3.05) is 0 Å². The lowest BCUT2D eigenvalue weighted by Crippen LogP contribution is -2.60. The van der Waals surface area contributed by atoms with Crippen LogP contribution in [0, 0.1) is 33.5 Å². The molecule has 0 saturated heterocycles. The smallest absolute Gasteiger partial charge is 0.220 e. The van der Waals surface area contributed by atoms with Crippen molar-refractivity contribution in [1.82, 2.24) is 0 Å². The molecule has 0 bridgehead atoms. The highest BCUT2D eigenvalue weighted by Gasteiger charge is 2.65. The molecule has 0 aromatic rings. The molecule has 1 unspecified atom stereocenters. The van der Waals surface area contributed by atoms with Crippen LogP contribution in [0.4, 0.5) is 0 Å². The van der Waals surface area contributed by atoms with E-state index in [-0.39, 0.29) is 22.4 Å². The van der Waals surface area contributed by atoms with Crippen LogP contribution >= 0.6 is 0 Å². The zero-order valence-electron chi connectivity index (χ0n) is 19.7. The summed E-state index contributed by atoms with van der Waals surface area (Å²) < 4.78 is 0. The molecule has 0 aromatic carbocycles. The Labute approximate surface area is 182 Å². The second-order valence-electron chi connectivity index (χ2n) is 12.2. The van der Waals surface area contributed by atoms with Crippen LogP contribution in [-0.4, -0.2) is 10.9 Å². The molecule has 0 aliphatic heterocycles. The van der Waals surface area contributed by atoms with Gasteiger partial charge in [0.2, 0.25) is 5.78 Å². The van der Waals surface area contributed by atoms with Crippen molar-refractivity contribution in [3.05, 3.63) is 46.3 Å². The Morgan fingerprint density at radius 2 is 1.73 bits per heavy atom. The number of aliphatic hydroxyl groups excluding tert-OH is 1. The fourth-order valence-corrected chi connectivity index (χ4v) is 8.51. The van der Waals surface area contributed by atoms with Crippen LogP contribution in [0.3, 0.4) is 0 Å². The third-order valence-electron chi connectivity index (χ3n) is 10.8. The van der Waals surface area contributed by atoms with E-state index in [1.807, 2.05) is 6.92 Å². The lowest BCUT2D eigenvalue weighted by atomic mass is 9.35. The van der Waals surface area contributed by atoms with Gasteiger partial charge < -0.3 is 5.11 Å². The Kier molecular flexibility index (Phi) is 4.08. The molecule has 3 fully saturated rings. The Morgan fingerprint density at radius 3 is 2.47 bits per heavy atom. The highest BCUT2D eigenvalue weighted by atomic mass is 16.3. The first-order valence-corrected chi connectivity index (χ1v) is 12.1. The lowest BCUT2D eigenvalue weighted by Gasteiger charge is -2.69. The average molecular weight is 407 g/mol. The van der Waals surface area contributed by atoms with E-state index in [0.717, 1.165) is 35.0 Å². The number of carbonyl (C=O) groups is 1. The van der Waals surface area contributed by atoms with E-state index in [0.29, 0.717) is 10.8 Å². The first kappa shape index (κ1) is 20.3. The molecule has 30 heavy (non-hydrogen) atoms. The number of aliphatic hydroxyl groups is 1. The predicted molar refractivity (Wildman–Crippen MR) is 122 cm³/mol. The average Bonchev–Trinajstić information content (AvgIpc) is 2.70. The normalized spacial score (nSPS) is 47.9. The van der Waals surface area contributed by atoms with Gasteiger partial charge in [-0.2, -0.15) is 0 Å². The first-order chi connectivity index (χ1) is 14.0. The van der Waals surface area contributed by atoms with Gasteiger partial charge in [-0.25, -0.2) is 0 Å². The van der Waals surface area contributed by atoms with Crippen molar-refractivity contribution in [2.45, 2.75) is 86.5 Å². The van der Waals surface area contributed by atoms with Gasteiger partial charge in [0.25, 0.3) is 0 Å². The Morgan fingerprint density at radius 1 is 1.00 bits per heavy atom. The maximum Gasteiger partial charge on any atom is 0.220 e. The summed E-state index contributed by atoms with van der Waals surface area (Å²) in [4.78, 5) is 12.5. The fourth-order valence-electron chi connectivity index (χ4n) is 8.51. The summed E-state index contributed by atoms with van der Waals surface area (Å²) in [6.07, 6.45) is 15.3. The summed E-state index contributed by atoms with van der Waals surface area (Å²) in [5.41, 5.74) is 5.33. The van der Waals surface area contributed by atoms with Gasteiger partial charge in [-0.1, -0.05) is 58.8 Å². The van der Waals surface area contributed by atoms with Crippen LogP contribution in [0.2, 0.25) is 0 Å². The predicted octanol–water partition coefficient (Wildman–Crippen LogP) is 7.24. The summed E-state index contributed by atoms with van der Waals surface area (Å²) in [5, 5.41) is 10.3. The molecule has 5 aliphatic rings. The molecule has 5 rings (SSSR count). The van der Waals surface area contributed by atoms with Gasteiger partial charge in [-0.05, 0) is 90.8 Å². The van der Waals surface area contributed by atoms with Crippen molar-refractivity contribution in [1.29, 1.82) is 0 Å². The highest BCUT2D eigenvalue weighted by Crippen LogP contribution is 2.74. The monoisotopic (exact) mass is 406 g/mol. The molecular weight excluding hydrogens is 368 g/mol. The maximum absolute atomic E-state index is 12.5. The number of carbonyl (C=O) groups excluding carboxylic acids is 1. The number of allylic oxidation sites excluding steroid dienone is 7. The van der Waals surface area contributed by atoms with E-state index in [1.165, 1.54) is 38.5 Å². The molecule has 0 amide bonds. The molecule has 162 valence electrons. The second-order valence-corrected chi connectivity index (χ2v) is 12.2. The zero-order chi connectivity index (χ0) is 21.7. The molecule has 5 aliphatic carbocycles. The summed E-state index contributed by atoms with van der Waals surface area (Å²) in [6, 6.07) is 0. The lowest BCUT2D eigenvalue weighted by molar-refractivity contribution is -0.148. The van der Waals surface area contributed by atoms with Crippen LogP contribution in [0.25, 0.3) is 0 Å². The zero-order valence-corrected chi connectivity index (χ0v) is 19.7. The van der Waals surface area contributed by atoms with Crippen LogP contribution in [0.5, 0.6) is 0 Å². The summed E-state index contributed by atoms with van der Waals surface area (Å²) >= 11 is 0. The molecule has 2 nitrogen and oxygen atoms in total. The molecule has 0 aromatic heterocycles. The third-order valence-corrected chi connectivity index (χ3v) is 10.8. The minimum atomic E-state index is -0.224. The molecule has 1 N–H and O–H groups in total. The van der Waals surface area contributed by atoms with Crippen LogP contribution in [-0.2, 0) is 4.79 Å². The number of rotatable bonds is 0. The van der Waals surface area contributed by atoms with E-state index >= 15 is 0 Å². The van der Waals surface area contributed by atoms with Gasteiger partial charge in [-0.3, -0.25) is 4.79 Å². The van der Waals surface area contributed by atoms with Crippen molar-refractivity contribution in [2.24, 2.45) is 33.5 Å². The molecule has 6 atom stereocenters. The highest BCUT2D eigenvalue weighted by molar-refractivity contribution is 6.06. The quantitative estimate of drug-likeness (QED) is 0.460. The minimum Gasteiger partial charge on any atom is -0.504 e. The summed E-state index contributed by atoms with van der Waals surface area (Å²) in [5.74, 6) is 1.30. The van der Waals surface area contributed by atoms with Crippen molar-refractivity contribution < 1.29 is 9.90 Å². The van der Waals surface area contributed by atoms with Gasteiger partial charge in [0.1, 0.15) is 0 Å². The van der Waals surface area contributed by atoms with Gasteiger partial charge in [0.15, 0.2) is 5.76 Å². The second kappa shape index (κ2) is 6.02. The minimum absolute atomic E-state index is 0.0815. The van der Waals surface area contributed by atoms with Crippen LogP contribution in [0.15, 0.2) is 46.3 Å². The third kappa shape index (κ3) is 2.29. The maximum atomic E-state index is 12.5. The van der Waals surface area contributed by atoms with E-state index in [2.05, 4.69) is 46.8 Å². The fraction of sp³-hybridized carbons (Fsp3) is 0.679. The standard InChI is InChI=1S/C28H38O2/c1-17-9-10-25(3)11-13-27(5)22-8-7-19-18(2)24(30)21(29)16-20(19)26(22,4)12-14-28(27,6)23(25)15-17/h7-8,16-17,23,30H,9-15H2,1-6H3/t17-,23+,25?,26-,27+,28-/m0/s1. The van der Waals surface area contributed by atoms with Crippen molar-refractivity contribution in [3.8, 4) is 0 Å². The Hall–Kier alpha value is -1.57. The number of hydrogen-bond donors (Lipinski definition) is 1. The van der Waals surface area contributed by atoms with Gasteiger partial charge in [0, 0.05) is 11.0 Å². The Balaban J connectivity index is 1.66. The van der Waals surface area contributed by atoms with E-state index in [4.69, 9.17) is 0 Å². The molecule has 0 spiro atoms. The largest absolute Gasteiger partial charge is 0.504 e. The van der Waals surface area contributed by atoms with Crippen LogP contribution < -0.4 is 0 Å². The SMILES string of the molecule is CC1=C(O)C(=O)C=C2C1=CC=C1[C@@]2(C)CC[C@@]2(C)[C@@H]3C[C@@H](C)CCC3(C)CC[C@]12C. The van der Waals surface area contributed by atoms with E-state index in [9.17, 15) is 9.90 Å². The van der Waals surface area contributed by atoms with Gasteiger partial charge >= 0.3 is 0 Å². The number of fused-ring (bicyclic) bond motifs is 7. The van der Waals surface area contributed by atoms with Crippen molar-refractivity contribution in [3.63, 3.8) is 0 Å². The van der Waals surface area contributed by atoms with Gasteiger partial charge in [0.05, 0.1) is 0 Å². The first-order valence-electron chi connectivity index (χ1n) is 12.1. The molecule has 0 radical (unpaired) electrons. The van der Waals surface area contributed by atoms with Crippen molar-refractivity contribution >= 4 is 5.78 Å². The topological polar surface area (TPSA) is 37.3 Å².